The fourth-order valence-electron chi connectivity index (χ4n) is 7.55. The summed E-state index contributed by atoms with van der Waals surface area (Å²) in [7, 11) is 0. The largest absolute Gasteiger partial charge is 0.505 e. The Morgan fingerprint density at radius 3 is 2.11 bits per heavy atom. The van der Waals surface area contributed by atoms with Gasteiger partial charge in [-0.25, -0.2) is 23.1 Å². The summed E-state index contributed by atoms with van der Waals surface area (Å²) in [5.74, 6) is -3.15. The molecule has 0 spiro atoms. The van der Waals surface area contributed by atoms with Crippen LogP contribution in [-0.2, 0) is 12.6 Å². The Bertz CT molecular complexity index is 1540. The van der Waals surface area contributed by atoms with E-state index in [1.807, 2.05) is 18.7 Å². The number of halogens is 6. The van der Waals surface area contributed by atoms with Crippen molar-refractivity contribution < 1.29 is 36.6 Å². The molecule has 3 heterocycles. The third-order valence-electron chi connectivity index (χ3n) is 9.85. The number of aliphatic hydroxyl groups is 1. The average molecular weight is 649 g/mol. The third kappa shape index (κ3) is 6.55. The van der Waals surface area contributed by atoms with Crippen LogP contribution >= 0.6 is 0 Å². The molecule has 6 rings (SSSR count). The van der Waals surface area contributed by atoms with Crippen LogP contribution in [0.25, 0.3) is 0 Å². The lowest BCUT2D eigenvalue weighted by atomic mass is 9.68. The highest BCUT2D eigenvalue weighted by Gasteiger charge is 2.43. The number of alkyl halides is 6. The van der Waals surface area contributed by atoms with Gasteiger partial charge < -0.3 is 15.1 Å². The lowest BCUT2D eigenvalue weighted by Gasteiger charge is -2.41. The number of hydrogen-bond acceptors (Lipinski definition) is 6. The van der Waals surface area contributed by atoms with E-state index in [2.05, 4.69) is 9.97 Å². The molecule has 3 aromatic rings. The predicted octanol–water partition coefficient (Wildman–Crippen LogP) is 8.34. The molecule has 1 saturated heterocycles. The topological polar surface area (TPSA) is 82.4 Å². The molecule has 1 unspecified atom stereocenters. The lowest BCUT2D eigenvalue weighted by Crippen LogP contribution is -2.36. The fourth-order valence-corrected chi connectivity index (χ4v) is 7.55. The number of aliphatic hydroxyl groups excluding tert-OH is 1. The number of aromatic nitrogens is 3. The highest BCUT2D eigenvalue weighted by Crippen LogP contribution is 2.52. The summed E-state index contributed by atoms with van der Waals surface area (Å²) in [6.45, 7) is 5.05. The van der Waals surface area contributed by atoms with Crippen LogP contribution in [0.1, 0.15) is 122 Å². The monoisotopic (exact) mass is 648 g/mol. The van der Waals surface area contributed by atoms with Crippen molar-refractivity contribution in [2.24, 2.45) is 5.41 Å². The van der Waals surface area contributed by atoms with E-state index in [0.29, 0.717) is 67.2 Å². The second-order valence-corrected chi connectivity index (χ2v) is 13.9. The second kappa shape index (κ2) is 12.0. The number of rotatable bonds is 5. The third-order valence-corrected chi connectivity index (χ3v) is 9.85. The molecule has 46 heavy (non-hydrogen) atoms. The van der Waals surface area contributed by atoms with Crippen LogP contribution in [0.2, 0.25) is 0 Å². The Hall–Kier alpha value is -3.41. The molecule has 0 amide bonds. The summed E-state index contributed by atoms with van der Waals surface area (Å²) < 4.78 is 86.0. The first-order valence-electron chi connectivity index (χ1n) is 15.8. The van der Waals surface area contributed by atoms with Crippen LogP contribution in [0.3, 0.4) is 0 Å². The van der Waals surface area contributed by atoms with E-state index in [0.717, 1.165) is 24.3 Å². The van der Waals surface area contributed by atoms with E-state index >= 15 is 4.39 Å². The number of anilines is 1. The number of benzene rings is 1. The normalized spacial score (nSPS) is 22.8. The van der Waals surface area contributed by atoms with Crippen molar-refractivity contribution in [2.75, 3.05) is 18.0 Å². The molecular formula is C34H38F6N4O2. The first-order valence-corrected chi connectivity index (χ1v) is 15.8. The summed E-state index contributed by atoms with van der Waals surface area (Å²) in [5.41, 5.74) is 1.13. The van der Waals surface area contributed by atoms with Gasteiger partial charge in [-0.2, -0.15) is 13.2 Å². The van der Waals surface area contributed by atoms with Crippen molar-refractivity contribution >= 4 is 5.95 Å². The summed E-state index contributed by atoms with van der Waals surface area (Å²) in [6.07, 6.45) is -3.39. The molecule has 0 radical (unpaired) electrons. The molecule has 2 N–H and O–H groups in total. The molecule has 1 aromatic carbocycles. The van der Waals surface area contributed by atoms with Crippen molar-refractivity contribution in [1.82, 2.24) is 15.0 Å². The van der Waals surface area contributed by atoms with Gasteiger partial charge in [-0.05, 0) is 73.1 Å². The summed E-state index contributed by atoms with van der Waals surface area (Å²) in [4.78, 5) is 15.4. The van der Waals surface area contributed by atoms with Gasteiger partial charge >= 0.3 is 6.18 Å². The first-order chi connectivity index (χ1) is 21.6. The van der Waals surface area contributed by atoms with Gasteiger partial charge in [0.05, 0.1) is 29.8 Å². The number of fused-ring (bicyclic) bond motifs is 1. The maximum atomic E-state index is 17.1. The smallest absolute Gasteiger partial charge is 0.416 e. The predicted molar refractivity (Wildman–Crippen MR) is 160 cm³/mol. The maximum absolute atomic E-state index is 17.1. The van der Waals surface area contributed by atoms with Gasteiger partial charge in [0, 0.05) is 48.7 Å². The Morgan fingerprint density at radius 1 is 0.913 bits per heavy atom. The van der Waals surface area contributed by atoms with Gasteiger partial charge in [0.1, 0.15) is 0 Å². The van der Waals surface area contributed by atoms with Crippen molar-refractivity contribution in [3.05, 3.63) is 75.9 Å². The summed E-state index contributed by atoms with van der Waals surface area (Å²) in [6, 6.07) is 3.95. The molecule has 1 saturated carbocycles. The Kier molecular flexibility index (Phi) is 8.48. The van der Waals surface area contributed by atoms with Gasteiger partial charge in [-0.15, -0.1) is 0 Å². The molecule has 6 nitrogen and oxygen atoms in total. The van der Waals surface area contributed by atoms with Gasteiger partial charge in [0.25, 0.3) is 0 Å². The minimum absolute atomic E-state index is 0.0129. The highest BCUT2D eigenvalue weighted by molar-refractivity contribution is 5.51. The van der Waals surface area contributed by atoms with Gasteiger partial charge in [0.2, 0.25) is 11.9 Å². The van der Waals surface area contributed by atoms with Crippen molar-refractivity contribution in [3.8, 4) is 5.75 Å². The maximum Gasteiger partial charge on any atom is 0.416 e. The minimum Gasteiger partial charge on any atom is -0.505 e. The molecule has 2 atom stereocenters. The van der Waals surface area contributed by atoms with E-state index < -0.39 is 35.9 Å². The quantitative estimate of drug-likeness (QED) is 0.271. The Morgan fingerprint density at radius 2 is 1.52 bits per heavy atom. The number of aromatic hydroxyl groups is 1. The van der Waals surface area contributed by atoms with Crippen LogP contribution in [0.15, 0.2) is 36.7 Å². The van der Waals surface area contributed by atoms with E-state index in [-0.39, 0.29) is 53.9 Å². The highest BCUT2D eigenvalue weighted by atomic mass is 19.4. The second-order valence-electron chi connectivity index (χ2n) is 13.9. The van der Waals surface area contributed by atoms with Crippen LogP contribution < -0.4 is 4.90 Å². The fraction of sp³-hybridized carbons (Fsp3) is 0.559. The zero-order valence-corrected chi connectivity index (χ0v) is 25.8. The molecule has 248 valence electrons. The van der Waals surface area contributed by atoms with Crippen LogP contribution in [-0.4, -0.2) is 44.2 Å². The molecule has 3 aliphatic rings. The van der Waals surface area contributed by atoms with Crippen molar-refractivity contribution in [3.63, 3.8) is 0 Å². The zero-order valence-electron chi connectivity index (χ0n) is 25.8. The van der Waals surface area contributed by atoms with Crippen LogP contribution in [0.5, 0.6) is 5.75 Å². The van der Waals surface area contributed by atoms with Crippen LogP contribution in [0.4, 0.5) is 32.3 Å². The van der Waals surface area contributed by atoms with Crippen molar-refractivity contribution in [1.29, 1.82) is 0 Å². The molecule has 2 aromatic heterocycles. The molecule has 12 heteroatoms. The van der Waals surface area contributed by atoms with Gasteiger partial charge in [-0.3, -0.25) is 4.98 Å². The SMILES string of the molecule is CC1(C)Cc2nc(C3CCN(c4ncc(O)cn4)CC3)c(C(F)c3ccc(C(F)(F)F)cc3)c(C3CCC(F)(F)CC3)c2[C@@H](O)C1. The lowest BCUT2D eigenvalue weighted by molar-refractivity contribution is -0.137. The zero-order chi connectivity index (χ0) is 33.0. The van der Waals surface area contributed by atoms with E-state index in [1.165, 1.54) is 12.4 Å². The van der Waals surface area contributed by atoms with Crippen LogP contribution in [0, 0.1) is 5.41 Å². The van der Waals surface area contributed by atoms with Gasteiger partial charge in [-0.1, -0.05) is 26.0 Å². The molecule has 2 fully saturated rings. The average Bonchev–Trinajstić information content (AvgIpc) is 2.99. The Labute approximate surface area is 263 Å². The standard InChI is InChI=1S/C34H38F6N4O2/c1-32(2)15-24-27(25(46)16-32)26(19-7-11-33(36,37)12-8-19)28(29(35)20-3-5-22(6-4-20)34(38,39)40)30(43-24)21-9-13-44(14-10-21)31-41-17-23(45)18-42-31/h3-6,17-19,21,25,29,45-46H,7-16H2,1-2H3/t25-,29?/m0/s1. The minimum atomic E-state index is -4.59. The summed E-state index contributed by atoms with van der Waals surface area (Å²) in [5, 5.41) is 21.1. The van der Waals surface area contributed by atoms with E-state index in [9.17, 15) is 32.2 Å². The number of hydrogen-bond donors (Lipinski definition) is 2. The first kappa shape index (κ1) is 32.5. The van der Waals surface area contributed by atoms with E-state index in [1.54, 1.807) is 0 Å². The molecule has 2 aliphatic carbocycles. The molecule has 0 bridgehead atoms. The van der Waals surface area contributed by atoms with Gasteiger partial charge in [0.15, 0.2) is 11.9 Å². The Balaban J connectivity index is 1.47. The molecular weight excluding hydrogens is 610 g/mol. The summed E-state index contributed by atoms with van der Waals surface area (Å²) >= 11 is 0. The number of nitrogens with zero attached hydrogens (tertiary/aromatic N) is 4. The van der Waals surface area contributed by atoms with E-state index in [4.69, 9.17) is 4.98 Å². The number of piperidine rings is 1. The van der Waals surface area contributed by atoms with Crippen molar-refractivity contribution in [2.45, 2.75) is 101 Å². The number of pyridine rings is 1. The molecule has 1 aliphatic heterocycles.